The topological polar surface area (TPSA) is 77.8 Å². The Balaban J connectivity index is 1.52. The lowest BCUT2D eigenvalue weighted by atomic mass is 9.88. The van der Waals surface area contributed by atoms with Crippen LogP contribution in [0.2, 0.25) is 0 Å². The van der Waals surface area contributed by atoms with Gasteiger partial charge in [0.1, 0.15) is 11.3 Å². The van der Waals surface area contributed by atoms with E-state index >= 15 is 0 Å². The van der Waals surface area contributed by atoms with Crippen LogP contribution in [0, 0.1) is 17.8 Å². The van der Waals surface area contributed by atoms with Gasteiger partial charge in [0.15, 0.2) is 0 Å². The lowest BCUT2D eigenvalue weighted by Gasteiger charge is -2.30. The van der Waals surface area contributed by atoms with Gasteiger partial charge in [-0.2, -0.15) is 0 Å². The number of carboxylic acids is 1. The van der Waals surface area contributed by atoms with Crippen molar-refractivity contribution in [1.29, 1.82) is 0 Å². The molecule has 1 fully saturated rings. The van der Waals surface area contributed by atoms with Crippen LogP contribution in [-0.2, 0) is 17.8 Å². The Kier molecular flexibility index (Phi) is 9.21. The predicted octanol–water partition coefficient (Wildman–Crippen LogP) is 6.95. The molecule has 5 heteroatoms. The highest BCUT2D eigenvalue weighted by atomic mass is 16.4. The molecule has 1 aliphatic rings. The van der Waals surface area contributed by atoms with Crippen LogP contribution in [-0.4, -0.2) is 22.1 Å². The first kappa shape index (κ1) is 27.0. The van der Waals surface area contributed by atoms with E-state index in [-0.39, 0.29) is 23.1 Å². The third kappa shape index (κ3) is 7.04. The maximum absolute atomic E-state index is 13.6. The Labute approximate surface area is 225 Å². The van der Waals surface area contributed by atoms with Crippen molar-refractivity contribution in [3.8, 4) is 17.6 Å². The van der Waals surface area contributed by atoms with Crippen molar-refractivity contribution < 1.29 is 19.8 Å². The van der Waals surface area contributed by atoms with Crippen LogP contribution in [0.3, 0.4) is 0 Å². The number of carboxylic acid groups (broad SMARTS) is 1. The molecule has 0 heterocycles. The second-order valence-corrected chi connectivity index (χ2v) is 10.0. The fourth-order valence-electron chi connectivity index (χ4n) is 4.89. The normalized spacial score (nSPS) is 13.4. The number of unbranched alkanes of at least 4 members (excludes halogenated alkanes) is 1. The monoisotopic (exact) mass is 509 g/mol. The first-order chi connectivity index (χ1) is 18.4. The molecule has 0 bridgehead atoms. The highest BCUT2D eigenvalue weighted by Crippen LogP contribution is 2.31. The lowest BCUT2D eigenvalue weighted by Crippen LogP contribution is -2.36. The van der Waals surface area contributed by atoms with Gasteiger partial charge < -0.3 is 15.1 Å². The number of carbonyl (C=O) groups excluding carboxylic acids is 1. The highest BCUT2D eigenvalue weighted by Gasteiger charge is 2.28. The summed E-state index contributed by atoms with van der Waals surface area (Å²) in [4.78, 5) is 26.8. The van der Waals surface area contributed by atoms with Gasteiger partial charge in [0.25, 0.3) is 0 Å². The van der Waals surface area contributed by atoms with E-state index in [4.69, 9.17) is 0 Å². The van der Waals surface area contributed by atoms with Gasteiger partial charge in [0, 0.05) is 22.7 Å². The maximum atomic E-state index is 13.6. The van der Waals surface area contributed by atoms with Crippen LogP contribution in [0.1, 0.15) is 84.5 Å². The van der Waals surface area contributed by atoms with Crippen LogP contribution < -0.4 is 4.90 Å². The van der Waals surface area contributed by atoms with E-state index in [2.05, 4.69) is 43.0 Å². The van der Waals surface area contributed by atoms with E-state index in [0.29, 0.717) is 12.2 Å². The third-order valence-corrected chi connectivity index (χ3v) is 7.16. The Morgan fingerprint density at radius 2 is 1.47 bits per heavy atom. The average Bonchev–Trinajstić information content (AvgIpc) is 2.95. The molecule has 4 rings (SSSR count). The van der Waals surface area contributed by atoms with Crippen molar-refractivity contribution >= 4 is 17.6 Å². The zero-order valence-corrected chi connectivity index (χ0v) is 22.0. The number of aryl methyl sites for hydroxylation is 1. The number of benzene rings is 3. The first-order valence-electron chi connectivity index (χ1n) is 13.5. The van der Waals surface area contributed by atoms with E-state index in [1.54, 1.807) is 11.0 Å². The largest absolute Gasteiger partial charge is 0.507 e. The molecule has 0 aromatic heterocycles. The van der Waals surface area contributed by atoms with Crippen LogP contribution in [0.4, 0.5) is 5.69 Å². The molecule has 0 radical (unpaired) electrons. The number of amides is 1. The molecule has 0 atom stereocenters. The average molecular weight is 510 g/mol. The summed E-state index contributed by atoms with van der Waals surface area (Å²) in [6.07, 6.45) is 8.33. The van der Waals surface area contributed by atoms with Crippen LogP contribution >= 0.6 is 0 Å². The smallest absolute Gasteiger partial charge is 0.339 e. The molecular weight excluding hydrogens is 474 g/mol. The fourth-order valence-corrected chi connectivity index (χ4v) is 4.89. The minimum atomic E-state index is -1.23. The van der Waals surface area contributed by atoms with Crippen molar-refractivity contribution in [2.24, 2.45) is 5.92 Å². The molecule has 0 saturated heterocycles. The van der Waals surface area contributed by atoms with Crippen LogP contribution in [0.15, 0.2) is 66.7 Å². The Hall–Kier alpha value is -4.04. The minimum Gasteiger partial charge on any atom is -0.507 e. The van der Waals surface area contributed by atoms with Crippen LogP contribution in [0.5, 0.6) is 5.75 Å². The zero-order chi connectivity index (χ0) is 26.9. The number of anilines is 1. The first-order valence-corrected chi connectivity index (χ1v) is 13.5. The van der Waals surface area contributed by atoms with Crippen molar-refractivity contribution in [3.63, 3.8) is 0 Å². The number of carbonyl (C=O) groups is 2. The maximum Gasteiger partial charge on any atom is 0.339 e. The number of hydrogen-bond donors (Lipinski definition) is 2. The Bertz CT molecular complexity index is 1310. The number of aromatic hydroxyl groups is 1. The molecule has 1 aliphatic carbocycles. The summed E-state index contributed by atoms with van der Waals surface area (Å²) in [7, 11) is 0. The SMILES string of the molecule is CCCCc1ccc(C#Cc2ccc(CN(C(=O)C3CCCCC3)c3ccc(O)c(C(=O)O)c3)cc2)cc1. The number of hydrogen-bond acceptors (Lipinski definition) is 3. The molecule has 0 aliphatic heterocycles. The van der Waals surface area contributed by atoms with E-state index < -0.39 is 5.97 Å². The van der Waals surface area contributed by atoms with Crippen molar-refractivity contribution in [3.05, 3.63) is 94.5 Å². The third-order valence-electron chi connectivity index (χ3n) is 7.16. The number of aromatic carboxylic acids is 1. The summed E-state index contributed by atoms with van der Waals surface area (Å²) in [6, 6.07) is 20.5. The number of nitrogens with zero attached hydrogens (tertiary/aromatic N) is 1. The summed E-state index contributed by atoms with van der Waals surface area (Å²) < 4.78 is 0. The van der Waals surface area contributed by atoms with E-state index in [0.717, 1.165) is 55.2 Å². The summed E-state index contributed by atoms with van der Waals surface area (Å²) in [5.74, 6) is 4.81. The molecule has 3 aromatic carbocycles. The summed E-state index contributed by atoms with van der Waals surface area (Å²) in [5.41, 5.74) is 4.37. The summed E-state index contributed by atoms with van der Waals surface area (Å²) in [5, 5.41) is 19.5. The Morgan fingerprint density at radius 1 is 0.868 bits per heavy atom. The summed E-state index contributed by atoms with van der Waals surface area (Å²) in [6.45, 7) is 2.51. The van der Waals surface area contributed by atoms with Gasteiger partial charge in [0.05, 0.1) is 6.54 Å². The van der Waals surface area contributed by atoms with Crippen LogP contribution in [0.25, 0.3) is 0 Å². The minimum absolute atomic E-state index is 0.00187. The predicted molar refractivity (Wildman–Crippen MR) is 150 cm³/mol. The molecule has 1 amide bonds. The van der Waals surface area contributed by atoms with Gasteiger partial charge in [-0.05, 0) is 79.3 Å². The molecule has 5 nitrogen and oxygen atoms in total. The van der Waals surface area contributed by atoms with E-state index in [9.17, 15) is 19.8 Å². The van der Waals surface area contributed by atoms with Crippen molar-refractivity contribution in [1.82, 2.24) is 0 Å². The standard InChI is InChI=1S/C33H35NO4/c1-2-3-7-24-10-12-25(13-11-24)14-15-26-16-18-27(19-17-26)23-34(32(36)28-8-5-4-6-9-28)29-20-21-31(35)30(22-29)33(37)38/h10-13,16-22,28,35H,2-9,23H2,1H3,(H,37,38). The Morgan fingerprint density at radius 3 is 2.05 bits per heavy atom. The zero-order valence-electron chi connectivity index (χ0n) is 22.0. The molecule has 2 N–H and O–H groups in total. The van der Waals surface area contributed by atoms with Gasteiger partial charge in [-0.25, -0.2) is 4.79 Å². The molecule has 0 spiro atoms. The number of rotatable bonds is 8. The van der Waals surface area contributed by atoms with Gasteiger partial charge in [-0.1, -0.05) is 68.7 Å². The second kappa shape index (κ2) is 13.0. The fraction of sp³-hybridized carbons (Fsp3) is 0.333. The second-order valence-electron chi connectivity index (χ2n) is 10.0. The van der Waals surface area contributed by atoms with Gasteiger partial charge >= 0.3 is 5.97 Å². The molecule has 3 aromatic rings. The highest BCUT2D eigenvalue weighted by molar-refractivity contribution is 5.98. The van der Waals surface area contributed by atoms with Gasteiger partial charge in [-0.3, -0.25) is 4.79 Å². The molecule has 0 unspecified atom stereocenters. The van der Waals surface area contributed by atoms with E-state index in [1.807, 2.05) is 24.3 Å². The lowest BCUT2D eigenvalue weighted by molar-refractivity contribution is -0.123. The van der Waals surface area contributed by atoms with Crippen molar-refractivity contribution in [2.75, 3.05) is 4.90 Å². The molecule has 38 heavy (non-hydrogen) atoms. The van der Waals surface area contributed by atoms with E-state index in [1.165, 1.54) is 30.5 Å². The number of phenols is 1. The van der Waals surface area contributed by atoms with Gasteiger partial charge in [0.2, 0.25) is 5.91 Å². The molecule has 196 valence electrons. The molecular formula is C33H35NO4. The summed E-state index contributed by atoms with van der Waals surface area (Å²) >= 11 is 0. The molecule has 1 saturated carbocycles. The van der Waals surface area contributed by atoms with Crippen molar-refractivity contribution in [2.45, 2.75) is 64.8 Å². The van der Waals surface area contributed by atoms with Gasteiger partial charge in [-0.15, -0.1) is 0 Å². The quantitative estimate of drug-likeness (QED) is 0.322.